The van der Waals surface area contributed by atoms with E-state index in [2.05, 4.69) is 5.32 Å². The van der Waals surface area contributed by atoms with Crippen LogP contribution in [0.15, 0.2) is 0 Å². The first-order valence-corrected chi connectivity index (χ1v) is 7.28. The molecule has 1 atom stereocenters. The maximum absolute atomic E-state index is 12.6. The predicted octanol–water partition coefficient (Wildman–Crippen LogP) is 2.58. The molecule has 0 aromatic rings. The van der Waals surface area contributed by atoms with Gasteiger partial charge < -0.3 is 10.1 Å². The molecule has 0 aromatic heterocycles. The second-order valence-electron chi connectivity index (χ2n) is 5.51. The molecule has 4 nitrogen and oxygen atoms in total. The number of halogens is 3. The van der Waals surface area contributed by atoms with Gasteiger partial charge in [-0.15, -0.1) is 0 Å². The smallest absolute Gasteiger partial charge is 0.401 e. The molecule has 0 saturated heterocycles. The number of hydrogen-bond acceptors (Lipinski definition) is 4. The number of nitrogens with one attached hydrogen (secondary N) is 1. The van der Waals surface area contributed by atoms with Crippen LogP contribution in [0.25, 0.3) is 0 Å². The number of carbonyl (C=O) groups is 1. The SMILES string of the molecule is CCNC(C)(CCN(CC(F)(F)F)C(C)C)C(=O)OCC. The lowest BCUT2D eigenvalue weighted by atomic mass is 9.97. The van der Waals surface area contributed by atoms with Crippen molar-refractivity contribution in [2.45, 2.75) is 58.8 Å². The Morgan fingerprint density at radius 3 is 2.24 bits per heavy atom. The van der Waals surface area contributed by atoms with Crippen LogP contribution in [0.1, 0.15) is 41.0 Å². The highest BCUT2D eigenvalue weighted by Gasteiger charge is 2.36. The number of carbonyl (C=O) groups excluding carboxylic acids is 1. The lowest BCUT2D eigenvalue weighted by molar-refractivity contribution is -0.154. The van der Waals surface area contributed by atoms with Crippen LogP contribution in [0.5, 0.6) is 0 Å². The first-order valence-electron chi connectivity index (χ1n) is 7.28. The van der Waals surface area contributed by atoms with Gasteiger partial charge in [-0.05, 0) is 40.7 Å². The fourth-order valence-corrected chi connectivity index (χ4v) is 2.06. The monoisotopic (exact) mass is 312 g/mol. The minimum atomic E-state index is -4.25. The van der Waals surface area contributed by atoms with Crippen LogP contribution in [-0.4, -0.2) is 54.9 Å². The molecule has 126 valence electrons. The minimum absolute atomic E-state index is 0.166. The largest absolute Gasteiger partial charge is 0.465 e. The fraction of sp³-hybridized carbons (Fsp3) is 0.929. The standard InChI is InChI=1S/C14H27F3N2O2/c1-6-18-13(5,12(20)21-7-2)8-9-19(11(3)4)10-14(15,16)17/h11,18H,6-10H2,1-5H3. The Kier molecular flexibility index (Phi) is 8.25. The van der Waals surface area contributed by atoms with Crippen LogP contribution in [0, 0.1) is 0 Å². The van der Waals surface area contributed by atoms with E-state index < -0.39 is 24.2 Å². The molecule has 0 saturated carbocycles. The summed E-state index contributed by atoms with van der Waals surface area (Å²) in [6.45, 7) is 8.60. The van der Waals surface area contributed by atoms with Crippen molar-refractivity contribution in [2.24, 2.45) is 0 Å². The Balaban J connectivity index is 4.80. The topological polar surface area (TPSA) is 41.6 Å². The number of likely N-dealkylation sites (N-methyl/N-ethyl adjacent to an activating group) is 1. The van der Waals surface area contributed by atoms with Crippen LogP contribution in [0.3, 0.4) is 0 Å². The Morgan fingerprint density at radius 2 is 1.86 bits per heavy atom. The Labute approximate surface area is 125 Å². The summed E-state index contributed by atoms with van der Waals surface area (Å²) < 4.78 is 42.7. The molecule has 0 radical (unpaired) electrons. The van der Waals surface area contributed by atoms with Gasteiger partial charge in [0.25, 0.3) is 0 Å². The zero-order valence-electron chi connectivity index (χ0n) is 13.5. The van der Waals surface area contributed by atoms with Crippen molar-refractivity contribution >= 4 is 5.97 Å². The summed E-state index contributed by atoms with van der Waals surface area (Å²) >= 11 is 0. The summed E-state index contributed by atoms with van der Waals surface area (Å²) in [6, 6.07) is -0.250. The second kappa shape index (κ2) is 8.58. The van der Waals surface area contributed by atoms with E-state index in [1.165, 1.54) is 4.90 Å². The molecule has 0 aliphatic rings. The van der Waals surface area contributed by atoms with Gasteiger partial charge in [0.1, 0.15) is 5.54 Å². The van der Waals surface area contributed by atoms with E-state index >= 15 is 0 Å². The average Bonchev–Trinajstić information content (AvgIpc) is 2.33. The quantitative estimate of drug-likeness (QED) is 0.665. The van der Waals surface area contributed by atoms with Crippen molar-refractivity contribution in [1.82, 2.24) is 10.2 Å². The number of esters is 1. The Morgan fingerprint density at radius 1 is 1.29 bits per heavy atom. The van der Waals surface area contributed by atoms with E-state index in [-0.39, 0.29) is 25.6 Å². The molecule has 0 aliphatic carbocycles. The average molecular weight is 312 g/mol. The molecular weight excluding hydrogens is 285 g/mol. The predicted molar refractivity (Wildman–Crippen MR) is 76.1 cm³/mol. The highest BCUT2D eigenvalue weighted by atomic mass is 19.4. The summed E-state index contributed by atoms with van der Waals surface area (Å²) in [6.07, 6.45) is -3.99. The van der Waals surface area contributed by atoms with Gasteiger partial charge in [0.2, 0.25) is 0 Å². The first kappa shape index (κ1) is 20.2. The van der Waals surface area contributed by atoms with Crippen molar-refractivity contribution in [3.8, 4) is 0 Å². The third-order valence-electron chi connectivity index (χ3n) is 3.30. The number of ether oxygens (including phenoxy) is 1. The van der Waals surface area contributed by atoms with Crippen molar-refractivity contribution < 1.29 is 22.7 Å². The number of rotatable bonds is 9. The van der Waals surface area contributed by atoms with Crippen LogP contribution < -0.4 is 5.32 Å². The summed E-state index contributed by atoms with van der Waals surface area (Å²) in [5, 5.41) is 3.02. The lowest BCUT2D eigenvalue weighted by Crippen LogP contribution is -2.53. The highest BCUT2D eigenvalue weighted by molar-refractivity contribution is 5.80. The van der Waals surface area contributed by atoms with Crippen molar-refractivity contribution in [1.29, 1.82) is 0 Å². The van der Waals surface area contributed by atoms with Gasteiger partial charge in [0.05, 0.1) is 13.2 Å². The van der Waals surface area contributed by atoms with E-state index in [0.717, 1.165) is 0 Å². The minimum Gasteiger partial charge on any atom is -0.465 e. The molecule has 21 heavy (non-hydrogen) atoms. The first-order chi connectivity index (χ1) is 9.55. The van der Waals surface area contributed by atoms with Gasteiger partial charge in [-0.2, -0.15) is 13.2 Å². The van der Waals surface area contributed by atoms with Gasteiger partial charge in [-0.1, -0.05) is 6.92 Å². The fourth-order valence-electron chi connectivity index (χ4n) is 2.06. The third kappa shape index (κ3) is 7.66. The molecule has 0 aliphatic heterocycles. The second-order valence-corrected chi connectivity index (χ2v) is 5.51. The lowest BCUT2D eigenvalue weighted by Gasteiger charge is -2.33. The summed E-state index contributed by atoms with van der Waals surface area (Å²) in [7, 11) is 0. The zero-order chi connectivity index (χ0) is 16.7. The summed E-state index contributed by atoms with van der Waals surface area (Å²) in [4.78, 5) is 13.3. The zero-order valence-corrected chi connectivity index (χ0v) is 13.5. The maximum atomic E-state index is 12.6. The maximum Gasteiger partial charge on any atom is 0.401 e. The van der Waals surface area contributed by atoms with Gasteiger partial charge in [0.15, 0.2) is 0 Å². The molecule has 0 bridgehead atoms. The normalized spacial score (nSPS) is 15.3. The molecule has 0 spiro atoms. The van der Waals surface area contributed by atoms with Crippen LogP contribution >= 0.6 is 0 Å². The molecule has 0 heterocycles. The molecule has 0 fully saturated rings. The third-order valence-corrected chi connectivity index (χ3v) is 3.30. The van der Waals surface area contributed by atoms with Crippen molar-refractivity contribution in [3.05, 3.63) is 0 Å². The molecule has 1 unspecified atom stereocenters. The number of alkyl halides is 3. The van der Waals surface area contributed by atoms with E-state index in [4.69, 9.17) is 4.74 Å². The molecule has 0 amide bonds. The molecular formula is C14H27F3N2O2. The highest BCUT2D eigenvalue weighted by Crippen LogP contribution is 2.20. The van der Waals surface area contributed by atoms with E-state index in [9.17, 15) is 18.0 Å². The molecule has 1 N–H and O–H groups in total. The number of nitrogens with zero attached hydrogens (tertiary/aromatic N) is 1. The van der Waals surface area contributed by atoms with Crippen molar-refractivity contribution in [2.75, 3.05) is 26.2 Å². The van der Waals surface area contributed by atoms with Gasteiger partial charge >= 0.3 is 12.1 Å². The van der Waals surface area contributed by atoms with E-state index in [1.54, 1.807) is 27.7 Å². The van der Waals surface area contributed by atoms with Crippen LogP contribution in [0.4, 0.5) is 13.2 Å². The van der Waals surface area contributed by atoms with E-state index in [0.29, 0.717) is 6.54 Å². The number of hydrogen-bond donors (Lipinski definition) is 1. The van der Waals surface area contributed by atoms with Gasteiger partial charge in [-0.25, -0.2) is 0 Å². The van der Waals surface area contributed by atoms with E-state index in [1.807, 2.05) is 6.92 Å². The van der Waals surface area contributed by atoms with Crippen LogP contribution in [-0.2, 0) is 9.53 Å². The van der Waals surface area contributed by atoms with Crippen LogP contribution in [0.2, 0.25) is 0 Å². The van der Waals surface area contributed by atoms with Gasteiger partial charge in [-0.3, -0.25) is 9.69 Å². The Hall–Kier alpha value is -0.820. The Bertz CT molecular complexity index is 322. The van der Waals surface area contributed by atoms with Crippen molar-refractivity contribution in [3.63, 3.8) is 0 Å². The summed E-state index contributed by atoms with van der Waals surface area (Å²) in [5.74, 6) is -0.428. The summed E-state index contributed by atoms with van der Waals surface area (Å²) in [5.41, 5.74) is -0.969. The molecule has 0 rings (SSSR count). The molecule has 0 aromatic carbocycles. The molecule has 7 heteroatoms. The van der Waals surface area contributed by atoms with Gasteiger partial charge in [0, 0.05) is 12.6 Å².